The normalized spacial score (nSPS) is 13.6. The van der Waals surface area contributed by atoms with Crippen molar-refractivity contribution in [2.75, 3.05) is 4.90 Å². The first-order valence-electron chi connectivity index (χ1n) is 22.8. The molecule has 0 amide bonds. The number of aromatic nitrogens is 1. The predicted octanol–water partition coefficient (Wildman–Crippen LogP) is 16.7. The van der Waals surface area contributed by atoms with Gasteiger partial charge in [-0.2, -0.15) is 0 Å². The van der Waals surface area contributed by atoms with Crippen molar-refractivity contribution in [3.63, 3.8) is 0 Å². The monoisotopic (exact) mass is 888 g/mol. The molecule has 0 fully saturated rings. The highest BCUT2D eigenvalue weighted by molar-refractivity contribution is 7.79. The summed E-state index contributed by atoms with van der Waals surface area (Å²) < 4.78 is 13.1. The summed E-state index contributed by atoms with van der Waals surface area (Å²) in [7, 11) is 0. The van der Waals surface area contributed by atoms with Gasteiger partial charge in [0, 0.05) is 44.2 Å². The van der Waals surface area contributed by atoms with Gasteiger partial charge < -0.3 is 13.9 Å². The van der Waals surface area contributed by atoms with Gasteiger partial charge in [-0.05, 0) is 141 Å². The number of para-hydroxylation sites is 1. The summed E-state index contributed by atoms with van der Waals surface area (Å²) in [5.41, 5.74) is 14.5. The van der Waals surface area contributed by atoms with Gasteiger partial charge in [0.05, 0.1) is 22.4 Å². The molecule has 0 atom stereocenters. The average molecular weight is 889 g/mol. The zero-order valence-electron chi connectivity index (χ0n) is 36.6. The molecule has 2 heterocycles. The first-order chi connectivity index (χ1) is 33.6. The van der Waals surface area contributed by atoms with E-state index in [-0.39, 0.29) is 0 Å². The fourth-order valence-corrected chi connectivity index (χ4v) is 10.5. The average Bonchev–Trinajstić information content (AvgIpc) is 3.96. The summed E-state index contributed by atoms with van der Waals surface area (Å²) >= 11 is 4.57. The Balaban J connectivity index is 0.917. The Labute approximate surface area is 397 Å². The maximum absolute atomic E-state index is 9.77. The van der Waals surface area contributed by atoms with E-state index in [1.807, 2.05) is 30.3 Å². The van der Waals surface area contributed by atoms with Crippen molar-refractivity contribution in [1.82, 2.24) is 4.57 Å². The minimum Gasteiger partial charge on any atom is -0.456 e. The van der Waals surface area contributed by atoms with Crippen LogP contribution in [0.5, 0.6) is 0 Å². The van der Waals surface area contributed by atoms with Crippen LogP contribution in [0, 0.1) is 5.41 Å². The van der Waals surface area contributed by atoms with Crippen LogP contribution >= 0.6 is 12.8 Å². The van der Waals surface area contributed by atoms with E-state index in [0.717, 1.165) is 89.1 Å². The quantitative estimate of drug-likeness (QED) is 0.124. The van der Waals surface area contributed by atoms with Gasteiger partial charge in [-0.3, -0.25) is 5.41 Å². The minimum atomic E-state index is 0.291. The lowest BCUT2D eigenvalue weighted by molar-refractivity contribution is 0.669. The second kappa shape index (κ2) is 16.0. The summed E-state index contributed by atoms with van der Waals surface area (Å²) in [6.07, 6.45) is 4.11. The SMILES string of the molecule is N=C1C(c2ccc(-n3c4ccc5ccccc5c4c4c5ccccc5ccc43)cc2)=CC=C(N(c2ccc(-c3ccccc3)cc2)c2cccc(-c3ccc4oc5ccccc5c4c3)c2)C1=NS. The number of allylic oxidation sites excluding steroid dienone is 4. The third-order valence-electron chi connectivity index (χ3n) is 13.5. The molecule has 13 rings (SSSR count). The summed E-state index contributed by atoms with van der Waals surface area (Å²) in [5.74, 6) is 0. The van der Waals surface area contributed by atoms with Crippen molar-refractivity contribution in [3.8, 4) is 27.9 Å². The second-order valence-corrected chi connectivity index (χ2v) is 17.5. The van der Waals surface area contributed by atoms with Crippen LogP contribution in [0.3, 0.4) is 0 Å². The Morgan fingerprint density at radius 3 is 1.72 bits per heavy atom. The molecule has 0 saturated heterocycles. The number of hydrogen-bond donors (Lipinski definition) is 2. The van der Waals surface area contributed by atoms with Crippen LogP contribution in [0.4, 0.5) is 11.4 Å². The van der Waals surface area contributed by atoms with Crippen molar-refractivity contribution in [3.05, 3.63) is 242 Å². The highest BCUT2D eigenvalue weighted by Gasteiger charge is 2.28. The fourth-order valence-electron chi connectivity index (χ4n) is 10.3. The zero-order valence-corrected chi connectivity index (χ0v) is 37.5. The molecule has 0 radical (unpaired) electrons. The smallest absolute Gasteiger partial charge is 0.135 e. The van der Waals surface area contributed by atoms with Gasteiger partial charge in [0.25, 0.3) is 0 Å². The molecule has 0 spiro atoms. The van der Waals surface area contributed by atoms with Crippen LogP contribution in [0.1, 0.15) is 5.56 Å². The van der Waals surface area contributed by atoms with Crippen molar-refractivity contribution in [2.45, 2.75) is 0 Å². The van der Waals surface area contributed by atoms with Gasteiger partial charge in [0.1, 0.15) is 16.9 Å². The summed E-state index contributed by atoms with van der Waals surface area (Å²) in [5, 5.41) is 19.4. The highest BCUT2D eigenvalue weighted by Crippen LogP contribution is 2.42. The Morgan fingerprint density at radius 2 is 1.01 bits per heavy atom. The lowest BCUT2D eigenvalue weighted by Gasteiger charge is -2.31. The lowest BCUT2D eigenvalue weighted by atomic mass is 9.91. The van der Waals surface area contributed by atoms with Crippen LogP contribution in [-0.4, -0.2) is 16.0 Å². The zero-order chi connectivity index (χ0) is 45.3. The number of nitrogens with one attached hydrogen (secondary N) is 1. The molecule has 0 unspecified atom stereocenters. The van der Waals surface area contributed by atoms with Gasteiger partial charge in [0.2, 0.25) is 0 Å². The molecule has 0 aliphatic heterocycles. The van der Waals surface area contributed by atoms with Crippen molar-refractivity contribution < 1.29 is 4.42 Å². The highest BCUT2D eigenvalue weighted by atomic mass is 32.1. The second-order valence-electron chi connectivity index (χ2n) is 17.3. The molecular weight excluding hydrogens is 849 g/mol. The Bertz CT molecular complexity index is 4010. The standard InChI is InChI=1S/C62H40N4OS/c63-61-51(43-23-30-47(31-24-43)66-54-33-25-41-13-4-6-17-49(41)59(54)60-50-18-7-5-14-42(50)26-34-55(60)66)32-35-56(62(61)64-68)65(46-28-21-40(22-29-46)39-11-2-1-3-12-39)48-16-10-15-44(37-48)45-27-36-58-53(38-45)52-19-8-9-20-57(52)67-58/h1-38,63,68H. The maximum atomic E-state index is 9.77. The van der Waals surface area contributed by atoms with E-state index < -0.39 is 0 Å². The molecule has 0 saturated carbocycles. The number of anilines is 2. The van der Waals surface area contributed by atoms with Gasteiger partial charge in [-0.15, -0.1) is 0 Å². The van der Waals surface area contributed by atoms with Crippen LogP contribution in [0.15, 0.2) is 245 Å². The minimum absolute atomic E-state index is 0.291. The number of benzene rings is 10. The van der Waals surface area contributed by atoms with Crippen LogP contribution in [0.2, 0.25) is 0 Å². The van der Waals surface area contributed by atoms with E-state index in [0.29, 0.717) is 11.4 Å². The molecule has 2 aromatic heterocycles. The molecule has 1 aliphatic rings. The molecular formula is C62H40N4OS. The van der Waals surface area contributed by atoms with Crippen molar-refractivity contribution in [2.24, 2.45) is 4.40 Å². The molecule has 68 heavy (non-hydrogen) atoms. The van der Waals surface area contributed by atoms with Crippen molar-refractivity contribution in [1.29, 1.82) is 5.41 Å². The molecule has 5 nitrogen and oxygen atoms in total. The summed E-state index contributed by atoms with van der Waals surface area (Å²) in [6.45, 7) is 0. The number of fused-ring (bicyclic) bond motifs is 10. The largest absolute Gasteiger partial charge is 0.456 e. The number of rotatable bonds is 7. The van der Waals surface area contributed by atoms with E-state index in [2.05, 4.69) is 227 Å². The molecule has 12 aromatic rings. The molecule has 6 heteroatoms. The van der Waals surface area contributed by atoms with Crippen LogP contribution in [0.25, 0.3) is 98.8 Å². The number of nitrogens with zero attached hydrogens (tertiary/aromatic N) is 3. The Kier molecular flexibility index (Phi) is 9.34. The van der Waals surface area contributed by atoms with Crippen LogP contribution in [-0.2, 0) is 0 Å². The van der Waals surface area contributed by atoms with E-state index >= 15 is 0 Å². The van der Waals surface area contributed by atoms with Gasteiger partial charge in [-0.25, -0.2) is 4.40 Å². The number of hydrogen-bond acceptors (Lipinski definition) is 5. The molecule has 1 aliphatic carbocycles. The van der Waals surface area contributed by atoms with Gasteiger partial charge >= 0.3 is 0 Å². The van der Waals surface area contributed by atoms with Gasteiger partial charge in [0.15, 0.2) is 0 Å². The topological polar surface area (TPSA) is 57.5 Å². The molecule has 10 aromatic carbocycles. The number of furan rings is 1. The molecule has 1 N–H and O–H groups in total. The van der Waals surface area contributed by atoms with Crippen molar-refractivity contribution >= 4 is 106 Å². The van der Waals surface area contributed by atoms with E-state index in [9.17, 15) is 5.41 Å². The maximum Gasteiger partial charge on any atom is 0.135 e. The van der Waals surface area contributed by atoms with Gasteiger partial charge in [-0.1, -0.05) is 152 Å². The van der Waals surface area contributed by atoms with E-state index in [4.69, 9.17) is 4.42 Å². The van der Waals surface area contributed by atoms with E-state index in [1.54, 1.807) is 0 Å². The number of thiol groups is 1. The molecule has 320 valence electrons. The Hall–Kier alpha value is -8.71. The van der Waals surface area contributed by atoms with Crippen LogP contribution < -0.4 is 4.90 Å². The lowest BCUT2D eigenvalue weighted by Crippen LogP contribution is -2.30. The summed E-state index contributed by atoms with van der Waals surface area (Å²) in [6, 6.07) is 76.9. The molecule has 0 bridgehead atoms. The summed E-state index contributed by atoms with van der Waals surface area (Å²) in [4.78, 5) is 2.18. The first kappa shape index (κ1) is 39.6. The van der Waals surface area contributed by atoms with E-state index in [1.165, 1.54) is 32.3 Å². The fraction of sp³-hybridized carbons (Fsp3) is 0. The predicted molar refractivity (Wildman–Crippen MR) is 289 cm³/mol. The third-order valence-corrected chi connectivity index (χ3v) is 13.7. The third kappa shape index (κ3) is 6.41. The first-order valence-corrected chi connectivity index (χ1v) is 23.2. The Morgan fingerprint density at radius 1 is 0.441 bits per heavy atom.